The summed E-state index contributed by atoms with van der Waals surface area (Å²) in [6.45, 7) is 0.165. The number of carbonyl (C=O) groups is 1. The highest BCUT2D eigenvalue weighted by atomic mass is 35.5. The van der Waals surface area contributed by atoms with Crippen LogP contribution >= 0.6 is 11.6 Å². The Kier molecular flexibility index (Phi) is 8.84. The van der Waals surface area contributed by atoms with Gasteiger partial charge in [0.1, 0.15) is 0 Å². The number of ether oxygens (including phenoxy) is 3. The number of nitrogens with zero attached hydrogens (tertiary/aromatic N) is 1. The number of hydrogen-bond acceptors (Lipinski definition) is 5. The SMILES string of the molecule is COc1cc(/C=C/C(=O)NCC(c2ccccc2Cl)N2CCOCC2)ccc1OC(F)F. The van der Waals surface area contributed by atoms with Gasteiger partial charge in [-0.2, -0.15) is 8.78 Å². The molecule has 1 heterocycles. The highest BCUT2D eigenvalue weighted by Gasteiger charge is 2.24. The number of hydrogen-bond donors (Lipinski definition) is 1. The zero-order chi connectivity index (χ0) is 22.9. The van der Waals surface area contributed by atoms with Crippen molar-refractivity contribution >= 4 is 23.6 Å². The molecule has 2 aromatic carbocycles. The lowest BCUT2D eigenvalue weighted by atomic mass is 10.0. The minimum Gasteiger partial charge on any atom is -0.493 e. The fourth-order valence-electron chi connectivity index (χ4n) is 3.48. The number of nitrogens with one attached hydrogen (secondary N) is 1. The maximum absolute atomic E-state index is 12.5. The Morgan fingerprint density at radius 1 is 1.22 bits per heavy atom. The van der Waals surface area contributed by atoms with Crippen LogP contribution in [0.4, 0.5) is 8.78 Å². The number of amides is 1. The minimum absolute atomic E-state index is 0.0720. The predicted molar refractivity (Wildman–Crippen MR) is 118 cm³/mol. The van der Waals surface area contributed by atoms with Crippen LogP contribution in [0.3, 0.4) is 0 Å². The van der Waals surface area contributed by atoms with Crippen molar-refractivity contribution in [3.63, 3.8) is 0 Å². The van der Waals surface area contributed by atoms with E-state index in [1.165, 1.54) is 25.3 Å². The lowest BCUT2D eigenvalue weighted by Gasteiger charge is -2.35. The Morgan fingerprint density at radius 3 is 2.66 bits per heavy atom. The van der Waals surface area contributed by atoms with Gasteiger partial charge in [-0.3, -0.25) is 9.69 Å². The minimum atomic E-state index is -2.95. The zero-order valence-corrected chi connectivity index (χ0v) is 18.4. The van der Waals surface area contributed by atoms with Crippen molar-refractivity contribution in [1.82, 2.24) is 10.2 Å². The molecule has 9 heteroatoms. The molecule has 32 heavy (non-hydrogen) atoms. The Labute approximate surface area is 190 Å². The number of halogens is 3. The first-order chi connectivity index (χ1) is 15.5. The lowest BCUT2D eigenvalue weighted by molar-refractivity contribution is -0.116. The van der Waals surface area contributed by atoms with Crippen LogP contribution in [-0.2, 0) is 9.53 Å². The standard InChI is InChI=1S/C23H25ClF2N2O4/c1-30-21-14-16(6-8-20(21)32-23(25)26)7-9-22(29)27-15-19(28-10-12-31-13-11-28)17-4-2-3-5-18(17)24/h2-9,14,19,23H,10-13,15H2,1H3,(H,27,29)/b9-7+. The number of carbonyl (C=O) groups excluding carboxylic acids is 1. The van der Waals surface area contributed by atoms with Crippen molar-refractivity contribution in [2.24, 2.45) is 0 Å². The molecule has 1 fully saturated rings. The molecule has 2 aromatic rings. The molecule has 0 bridgehead atoms. The number of rotatable bonds is 9. The second-order valence-corrected chi connectivity index (χ2v) is 7.46. The van der Waals surface area contributed by atoms with Crippen LogP contribution in [0.1, 0.15) is 17.2 Å². The fraction of sp³-hybridized carbons (Fsp3) is 0.348. The van der Waals surface area contributed by atoms with Crippen LogP contribution in [0.5, 0.6) is 11.5 Å². The van der Waals surface area contributed by atoms with Gasteiger partial charge >= 0.3 is 6.61 Å². The van der Waals surface area contributed by atoms with Gasteiger partial charge in [0, 0.05) is 30.7 Å². The third-order valence-electron chi connectivity index (χ3n) is 5.05. The summed E-state index contributed by atoms with van der Waals surface area (Å²) in [4.78, 5) is 14.7. The molecular formula is C23H25ClF2N2O4. The average molecular weight is 467 g/mol. The van der Waals surface area contributed by atoms with E-state index in [0.717, 1.165) is 18.7 Å². The molecule has 172 valence electrons. The second kappa shape index (κ2) is 11.8. The number of morpholine rings is 1. The average Bonchev–Trinajstić information content (AvgIpc) is 2.80. The summed E-state index contributed by atoms with van der Waals surface area (Å²) in [5.41, 5.74) is 1.55. The summed E-state index contributed by atoms with van der Waals surface area (Å²) >= 11 is 6.41. The number of methoxy groups -OCH3 is 1. The first-order valence-corrected chi connectivity index (χ1v) is 10.5. The molecular weight excluding hydrogens is 442 g/mol. The van der Waals surface area contributed by atoms with E-state index < -0.39 is 6.61 Å². The molecule has 0 aliphatic carbocycles. The van der Waals surface area contributed by atoms with Crippen LogP contribution in [-0.4, -0.2) is 57.4 Å². The quantitative estimate of drug-likeness (QED) is 0.562. The van der Waals surface area contributed by atoms with Gasteiger partial charge in [-0.05, 0) is 35.4 Å². The third-order valence-corrected chi connectivity index (χ3v) is 5.40. The molecule has 1 aliphatic heterocycles. The molecule has 0 aromatic heterocycles. The molecule has 1 N–H and O–H groups in total. The van der Waals surface area contributed by atoms with E-state index in [-0.39, 0.29) is 23.4 Å². The summed E-state index contributed by atoms with van der Waals surface area (Å²) in [6.07, 6.45) is 2.95. The molecule has 1 unspecified atom stereocenters. The molecule has 1 atom stereocenters. The zero-order valence-electron chi connectivity index (χ0n) is 17.6. The van der Waals surface area contributed by atoms with Gasteiger partial charge in [0.05, 0.1) is 26.4 Å². The smallest absolute Gasteiger partial charge is 0.387 e. The van der Waals surface area contributed by atoms with Gasteiger partial charge in [-0.1, -0.05) is 35.9 Å². The second-order valence-electron chi connectivity index (χ2n) is 7.05. The van der Waals surface area contributed by atoms with Crippen molar-refractivity contribution in [2.75, 3.05) is 40.0 Å². The van der Waals surface area contributed by atoms with E-state index in [9.17, 15) is 13.6 Å². The van der Waals surface area contributed by atoms with E-state index >= 15 is 0 Å². The Bertz CT molecular complexity index is 936. The van der Waals surface area contributed by atoms with Crippen LogP contribution in [0.25, 0.3) is 6.08 Å². The Morgan fingerprint density at radius 2 is 1.97 bits per heavy atom. The third kappa shape index (κ3) is 6.66. The van der Waals surface area contributed by atoms with Crippen molar-refractivity contribution in [3.05, 3.63) is 64.7 Å². The molecule has 1 saturated heterocycles. The van der Waals surface area contributed by atoms with Crippen molar-refractivity contribution < 1.29 is 27.8 Å². The lowest BCUT2D eigenvalue weighted by Crippen LogP contribution is -2.43. The van der Waals surface area contributed by atoms with E-state index in [0.29, 0.717) is 30.3 Å². The normalized spacial score (nSPS) is 15.7. The fourth-order valence-corrected chi connectivity index (χ4v) is 3.74. The monoisotopic (exact) mass is 466 g/mol. The molecule has 6 nitrogen and oxygen atoms in total. The maximum Gasteiger partial charge on any atom is 0.387 e. The van der Waals surface area contributed by atoms with E-state index in [4.69, 9.17) is 21.1 Å². The van der Waals surface area contributed by atoms with Crippen LogP contribution in [0.2, 0.25) is 5.02 Å². The van der Waals surface area contributed by atoms with Gasteiger partial charge < -0.3 is 19.5 Å². The molecule has 0 saturated carbocycles. The van der Waals surface area contributed by atoms with Gasteiger partial charge in [0.25, 0.3) is 0 Å². The first kappa shape index (κ1) is 24.0. The largest absolute Gasteiger partial charge is 0.493 e. The van der Waals surface area contributed by atoms with Crippen LogP contribution in [0.15, 0.2) is 48.5 Å². The van der Waals surface area contributed by atoms with E-state index in [1.807, 2.05) is 24.3 Å². The van der Waals surface area contributed by atoms with Crippen LogP contribution in [0, 0.1) is 0 Å². The Hall–Kier alpha value is -2.68. The molecule has 1 aliphatic rings. The first-order valence-electron chi connectivity index (χ1n) is 10.1. The van der Waals surface area contributed by atoms with Gasteiger partial charge in [-0.15, -0.1) is 0 Å². The molecule has 3 rings (SSSR count). The maximum atomic E-state index is 12.5. The van der Waals surface area contributed by atoms with E-state index in [2.05, 4.69) is 15.0 Å². The van der Waals surface area contributed by atoms with Crippen molar-refractivity contribution in [1.29, 1.82) is 0 Å². The van der Waals surface area contributed by atoms with Gasteiger partial charge in [-0.25, -0.2) is 0 Å². The van der Waals surface area contributed by atoms with E-state index in [1.54, 1.807) is 12.1 Å². The summed E-state index contributed by atoms with van der Waals surface area (Å²) < 4.78 is 39.8. The number of benzene rings is 2. The molecule has 0 spiro atoms. The van der Waals surface area contributed by atoms with Crippen molar-refractivity contribution in [2.45, 2.75) is 12.7 Å². The summed E-state index contributed by atoms with van der Waals surface area (Å²) in [5.74, 6) is -0.210. The van der Waals surface area contributed by atoms with Crippen LogP contribution < -0.4 is 14.8 Å². The number of alkyl halides is 2. The predicted octanol–water partition coefficient (Wildman–Crippen LogP) is 4.15. The molecule has 0 radical (unpaired) electrons. The highest BCUT2D eigenvalue weighted by Crippen LogP contribution is 2.30. The summed E-state index contributed by atoms with van der Waals surface area (Å²) in [5, 5.41) is 3.57. The highest BCUT2D eigenvalue weighted by molar-refractivity contribution is 6.31. The van der Waals surface area contributed by atoms with Gasteiger partial charge in [0.15, 0.2) is 11.5 Å². The summed E-state index contributed by atoms with van der Waals surface area (Å²) in [6, 6.07) is 11.9. The van der Waals surface area contributed by atoms with Crippen molar-refractivity contribution in [3.8, 4) is 11.5 Å². The topological polar surface area (TPSA) is 60.0 Å². The molecule has 1 amide bonds. The summed E-state index contributed by atoms with van der Waals surface area (Å²) in [7, 11) is 1.36. The van der Waals surface area contributed by atoms with Gasteiger partial charge in [0.2, 0.25) is 5.91 Å². The Balaban J connectivity index is 1.66.